The molecule has 8 heteroatoms. The molecule has 2 N–H and O–H groups in total. The molecular formula is C20H14ClFN3O3+. The number of nitrogens with zero attached hydrogens (tertiary/aromatic N) is 2. The highest BCUT2D eigenvalue weighted by Gasteiger charge is 2.33. The summed E-state index contributed by atoms with van der Waals surface area (Å²) in [6, 6.07) is 10.9. The lowest BCUT2D eigenvalue weighted by Gasteiger charge is -2.15. The van der Waals surface area contributed by atoms with Crippen molar-refractivity contribution >= 4 is 23.5 Å². The average molecular weight is 399 g/mol. The van der Waals surface area contributed by atoms with Crippen LogP contribution in [0.1, 0.15) is 21.5 Å². The molecule has 0 spiro atoms. The van der Waals surface area contributed by atoms with Gasteiger partial charge < -0.3 is 14.7 Å². The molecule has 28 heavy (non-hydrogen) atoms. The van der Waals surface area contributed by atoms with Gasteiger partial charge in [-0.3, -0.25) is 4.79 Å². The van der Waals surface area contributed by atoms with Gasteiger partial charge in [-0.05, 0) is 30.3 Å². The van der Waals surface area contributed by atoms with E-state index in [1.165, 1.54) is 36.4 Å². The second-order valence-corrected chi connectivity index (χ2v) is 6.52. The predicted molar refractivity (Wildman–Crippen MR) is 98.1 cm³/mol. The van der Waals surface area contributed by atoms with Gasteiger partial charge >= 0.3 is 0 Å². The Morgan fingerprint density at radius 2 is 1.93 bits per heavy atom. The van der Waals surface area contributed by atoms with Gasteiger partial charge in [0.15, 0.2) is 24.6 Å². The van der Waals surface area contributed by atoms with Crippen LogP contribution < -0.4 is 9.64 Å². The number of nitriles is 2. The molecule has 0 saturated carbocycles. The lowest BCUT2D eigenvalue weighted by Crippen LogP contribution is -3.10. The number of Topliss-reactive ketones (excluding diaryl/α,β-unsaturated/α-hetero) is 1. The number of nitrogens with one attached hydrogen (secondary N) is 1. The van der Waals surface area contributed by atoms with Gasteiger partial charge in [-0.15, -0.1) is 0 Å². The summed E-state index contributed by atoms with van der Waals surface area (Å²) < 4.78 is 19.7. The van der Waals surface area contributed by atoms with Gasteiger partial charge in [0.05, 0.1) is 16.1 Å². The molecule has 1 heterocycles. The molecule has 0 bridgehead atoms. The monoisotopic (exact) mass is 398 g/mol. The quantitative estimate of drug-likeness (QED) is 0.594. The summed E-state index contributed by atoms with van der Waals surface area (Å²) in [6.45, 7) is 0.188. The van der Waals surface area contributed by atoms with E-state index in [2.05, 4.69) is 0 Å². The number of carbonyl (C=O) groups is 1. The number of ether oxygens (including phenoxy) is 1. The molecule has 1 aliphatic heterocycles. The molecule has 0 fully saturated rings. The van der Waals surface area contributed by atoms with Crippen LogP contribution in [0.5, 0.6) is 11.5 Å². The summed E-state index contributed by atoms with van der Waals surface area (Å²) in [7, 11) is 0. The third kappa shape index (κ3) is 3.67. The minimum atomic E-state index is -0.603. The third-order valence-electron chi connectivity index (χ3n) is 4.28. The van der Waals surface area contributed by atoms with E-state index in [1.54, 1.807) is 0 Å². The number of fused-ring (bicyclic) bond motifs is 1. The standard InChI is InChI=1S/C20H13ClFN3O3/c21-15-2-1-3-16(22)13(15)10-18-19(27)12-4-5-17(26)14(20(12)28-18)11-25(8-6-23)9-7-24/h1-5,10,26H,8-9,11H2/p+1/b18-10+. The molecule has 0 atom stereocenters. The Hall–Kier alpha value is -3.39. The predicted octanol–water partition coefficient (Wildman–Crippen LogP) is 2.23. The molecule has 0 radical (unpaired) electrons. The van der Waals surface area contributed by atoms with Crippen molar-refractivity contribution in [3.05, 3.63) is 63.6 Å². The first-order valence-corrected chi connectivity index (χ1v) is 8.64. The number of aromatic hydroxyl groups is 1. The third-order valence-corrected chi connectivity index (χ3v) is 4.61. The van der Waals surface area contributed by atoms with Crippen molar-refractivity contribution in [2.45, 2.75) is 6.54 Å². The average Bonchev–Trinajstić information content (AvgIpc) is 2.97. The SMILES string of the molecule is N#CC[NH+](CC#N)Cc1c(O)ccc2c1O/C(=C/c1c(F)cccc1Cl)C2=O. The van der Waals surface area contributed by atoms with Crippen molar-refractivity contribution < 1.29 is 23.9 Å². The Morgan fingerprint density at radius 1 is 1.21 bits per heavy atom. The summed E-state index contributed by atoms with van der Waals surface area (Å²) in [5, 5.41) is 28.2. The first-order valence-electron chi connectivity index (χ1n) is 8.26. The minimum Gasteiger partial charge on any atom is -0.507 e. The van der Waals surface area contributed by atoms with Crippen molar-refractivity contribution in [1.29, 1.82) is 10.5 Å². The zero-order chi connectivity index (χ0) is 20.3. The maximum absolute atomic E-state index is 14.0. The number of carbonyl (C=O) groups excluding carboxylic acids is 1. The highest BCUT2D eigenvalue weighted by molar-refractivity contribution is 6.32. The fourth-order valence-electron chi connectivity index (χ4n) is 2.91. The van der Waals surface area contributed by atoms with E-state index in [1.807, 2.05) is 12.1 Å². The van der Waals surface area contributed by atoms with E-state index in [-0.39, 0.29) is 53.0 Å². The summed E-state index contributed by atoms with van der Waals surface area (Å²) in [6.07, 6.45) is 1.22. The van der Waals surface area contributed by atoms with Crippen molar-refractivity contribution in [2.75, 3.05) is 13.1 Å². The molecule has 2 aromatic carbocycles. The van der Waals surface area contributed by atoms with Gasteiger partial charge in [-0.2, -0.15) is 10.5 Å². The summed E-state index contributed by atoms with van der Waals surface area (Å²) in [5.74, 6) is -1.19. The van der Waals surface area contributed by atoms with Gasteiger partial charge in [0.25, 0.3) is 0 Å². The first kappa shape index (κ1) is 19.4. The lowest BCUT2D eigenvalue weighted by molar-refractivity contribution is -0.899. The zero-order valence-electron chi connectivity index (χ0n) is 14.5. The summed E-state index contributed by atoms with van der Waals surface area (Å²) in [4.78, 5) is 13.3. The Bertz CT molecular complexity index is 1030. The number of halogens is 2. The van der Waals surface area contributed by atoms with Crippen LogP contribution >= 0.6 is 11.6 Å². The fraction of sp³-hybridized carbons (Fsp3) is 0.150. The van der Waals surface area contributed by atoms with Gasteiger partial charge in [-0.25, -0.2) is 4.39 Å². The zero-order valence-corrected chi connectivity index (χ0v) is 15.3. The highest BCUT2D eigenvalue weighted by atomic mass is 35.5. The van der Waals surface area contributed by atoms with Gasteiger partial charge in [-0.1, -0.05) is 17.7 Å². The number of allylic oxidation sites excluding steroid dienone is 1. The van der Waals surface area contributed by atoms with Crippen LogP contribution in [0.2, 0.25) is 5.02 Å². The molecule has 0 unspecified atom stereocenters. The minimum absolute atomic E-state index is 0.0207. The number of rotatable bonds is 5. The van der Waals surface area contributed by atoms with Crippen molar-refractivity contribution in [3.8, 4) is 23.6 Å². The number of benzene rings is 2. The van der Waals surface area contributed by atoms with E-state index in [0.29, 0.717) is 10.5 Å². The van der Waals surface area contributed by atoms with Gasteiger partial charge in [0.2, 0.25) is 5.78 Å². The van der Waals surface area contributed by atoms with Crippen LogP contribution in [0.15, 0.2) is 36.1 Å². The largest absolute Gasteiger partial charge is 0.507 e. The molecule has 0 amide bonds. The smallest absolute Gasteiger partial charge is 0.231 e. The fourth-order valence-corrected chi connectivity index (χ4v) is 3.13. The molecule has 2 aromatic rings. The maximum atomic E-state index is 14.0. The lowest BCUT2D eigenvalue weighted by atomic mass is 10.0. The topological polar surface area (TPSA) is 98.6 Å². The van der Waals surface area contributed by atoms with Crippen LogP contribution in [0, 0.1) is 28.5 Å². The second-order valence-electron chi connectivity index (χ2n) is 6.11. The summed E-state index contributed by atoms with van der Waals surface area (Å²) in [5.41, 5.74) is 0.529. The maximum Gasteiger partial charge on any atom is 0.231 e. The van der Waals surface area contributed by atoms with Gasteiger partial charge in [0, 0.05) is 5.56 Å². The van der Waals surface area contributed by atoms with Crippen molar-refractivity contribution in [3.63, 3.8) is 0 Å². The highest BCUT2D eigenvalue weighted by Crippen LogP contribution is 2.39. The molecule has 0 aromatic heterocycles. The van der Waals surface area contributed by atoms with E-state index >= 15 is 0 Å². The Labute approximate surface area is 165 Å². The molecule has 3 rings (SSSR count). The molecule has 6 nitrogen and oxygen atoms in total. The normalized spacial score (nSPS) is 13.9. The van der Waals surface area contributed by atoms with E-state index in [0.717, 1.165) is 0 Å². The number of ketones is 1. The van der Waals surface area contributed by atoms with Crippen molar-refractivity contribution in [1.82, 2.24) is 0 Å². The second kappa shape index (κ2) is 8.10. The van der Waals surface area contributed by atoms with Crippen LogP contribution in [0.25, 0.3) is 6.08 Å². The number of phenols is 1. The van der Waals surface area contributed by atoms with Crippen LogP contribution in [-0.4, -0.2) is 24.0 Å². The van der Waals surface area contributed by atoms with E-state index in [9.17, 15) is 14.3 Å². The van der Waals surface area contributed by atoms with Crippen LogP contribution in [0.3, 0.4) is 0 Å². The summed E-state index contributed by atoms with van der Waals surface area (Å²) >= 11 is 6.01. The molecule has 1 aliphatic rings. The number of quaternary nitrogens is 1. The number of hydrogen-bond acceptors (Lipinski definition) is 5. The van der Waals surface area contributed by atoms with Gasteiger partial charge in [0.1, 0.15) is 30.2 Å². The Kier molecular flexibility index (Phi) is 5.60. The van der Waals surface area contributed by atoms with Crippen LogP contribution in [-0.2, 0) is 6.54 Å². The van der Waals surface area contributed by atoms with Crippen LogP contribution in [0.4, 0.5) is 4.39 Å². The van der Waals surface area contributed by atoms with E-state index < -0.39 is 11.6 Å². The van der Waals surface area contributed by atoms with Crippen molar-refractivity contribution in [2.24, 2.45) is 0 Å². The molecule has 0 saturated heterocycles. The Balaban J connectivity index is 2.01. The Morgan fingerprint density at radius 3 is 2.57 bits per heavy atom. The molecule has 0 aliphatic carbocycles. The number of phenolic OH excluding ortho intramolecular Hbond substituents is 1. The number of hydrogen-bond donors (Lipinski definition) is 2. The van der Waals surface area contributed by atoms with E-state index in [4.69, 9.17) is 26.9 Å². The molecule has 140 valence electrons. The first-order chi connectivity index (χ1) is 13.5. The molecular weight excluding hydrogens is 385 g/mol.